The van der Waals surface area contributed by atoms with Crippen molar-refractivity contribution >= 4 is 19.8 Å². The highest BCUT2D eigenvalue weighted by molar-refractivity contribution is 7.62. The van der Waals surface area contributed by atoms with Crippen LogP contribution in [0.4, 0.5) is 5.82 Å². The Kier molecular flexibility index (Phi) is 4.79. The van der Waals surface area contributed by atoms with Crippen LogP contribution in [-0.2, 0) is 4.74 Å². The van der Waals surface area contributed by atoms with Crippen LogP contribution >= 0.6 is 8.07 Å². The summed E-state index contributed by atoms with van der Waals surface area (Å²) in [5, 5.41) is 4.06. The van der Waals surface area contributed by atoms with Crippen molar-refractivity contribution < 1.29 is 4.74 Å². The van der Waals surface area contributed by atoms with E-state index in [9.17, 15) is 0 Å². The zero-order valence-electron chi connectivity index (χ0n) is 15.7. The first-order valence-electron chi connectivity index (χ1n) is 8.16. The summed E-state index contributed by atoms with van der Waals surface area (Å²) < 4.78 is 5.71. The molecule has 0 aromatic carbocycles. The molecule has 0 spiro atoms. The van der Waals surface area contributed by atoms with E-state index in [0.29, 0.717) is 12.5 Å². The third-order valence-corrected chi connectivity index (χ3v) is 6.64. The minimum absolute atomic E-state index is 0.163. The molecule has 0 saturated carbocycles. The van der Waals surface area contributed by atoms with Crippen molar-refractivity contribution in [2.75, 3.05) is 11.7 Å². The first-order chi connectivity index (χ1) is 10.4. The number of hydrogen-bond acceptors (Lipinski definition) is 4. The molecular weight excluding hydrogens is 305 g/mol. The lowest BCUT2D eigenvalue weighted by atomic mass is 10.1. The Morgan fingerprint density at radius 1 is 1.09 bits per heavy atom. The SMILES string of the molecule is CC1(C)COC(c2cccc(NP(C(C)(C)C)C(C)(C)C)n2)=N1. The Hall–Kier alpha value is -1.15. The zero-order chi connectivity index (χ0) is 17.5. The molecular formula is C18H30N3OP. The molecule has 5 heteroatoms. The predicted octanol–water partition coefficient (Wildman–Crippen LogP) is 5.04. The van der Waals surface area contributed by atoms with Crippen LogP contribution in [0.2, 0.25) is 0 Å². The fraction of sp³-hybridized carbons (Fsp3) is 0.667. The highest BCUT2D eigenvalue weighted by Crippen LogP contribution is 2.58. The summed E-state index contributed by atoms with van der Waals surface area (Å²) in [6, 6.07) is 6.00. The van der Waals surface area contributed by atoms with Gasteiger partial charge in [0, 0.05) is 18.4 Å². The number of hydrogen-bond donors (Lipinski definition) is 1. The minimum atomic E-state index is -0.456. The van der Waals surface area contributed by atoms with Gasteiger partial charge in [0.15, 0.2) is 0 Å². The van der Waals surface area contributed by atoms with Crippen LogP contribution in [0.15, 0.2) is 23.2 Å². The molecule has 0 atom stereocenters. The largest absolute Gasteiger partial charge is 0.474 e. The highest BCUT2D eigenvalue weighted by atomic mass is 31.1. The molecule has 0 radical (unpaired) electrons. The van der Waals surface area contributed by atoms with Crippen molar-refractivity contribution in [1.29, 1.82) is 0 Å². The van der Waals surface area contributed by atoms with Crippen LogP contribution in [0.25, 0.3) is 0 Å². The van der Waals surface area contributed by atoms with Gasteiger partial charge in [0.25, 0.3) is 0 Å². The second-order valence-corrected chi connectivity index (χ2v) is 12.3. The van der Waals surface area contributed by atoms with E-state index < -0.39 is 8.07 Å². The lowest BCUT2D eigenvalue weighted by Crippen LogP contribution is -2.29. The lowest BCUT2D eigenvalue weighted by Gasteiger charge is -2.41. The van der Waals surface area contributed by atoms with Gasteiger partial charge in [-0.05, 0) is 26.0 Å². The fourth-order valence-corrected chi connectivity index (χ4v) is 5.82. The molecule has 0 aliphatic carbocycles. The van der Waals surface area contributed by atoms with Gasteiger partial charge in [-0.2, -0.15) is 0 Å². The van der Waals surface area contributed by atoms with Crippen molar-refractivity contribution in [2.24, 2.45) is 4.99 Å². The lowest BCUT2D eigenvalue weighted by molar-refractivity contribution is 0.279. The molecule has 0 bridgehead atoms. The molecule has 4 nitrogen and oxygen atoms in total. The second kappa shape index (κ2) is 6.05. The van der Waals surface area contributed by atoms with E-state index in [-0.39, 0.29) is 15.9 Å². The molecule has 1 aliphatic rings. The van der Waals surface area contributed by atoms with Gasteiger partial charge < -0.3 is 9.82 Å². The van der Waals surface area contributed by atoms with Crippen LogP contribution in [0.3, 0.4) is 0 Å². The molecule has 1 aromatic rings. The molecule has 0 amide bonds. The normalized spacial score (nSPS) is 17.9. The number of ether oxygens (including phenoxy) is 1. The average molecular weight is 335 g/mol. The van der Waals surface area contributed by atoms with Crippen LogP contribution < -0.4 is 5.09 Å². The maximum atomic E-state index is 5.71. The van der Waals surface area contributed by atoms with Gasteiger partial charge in [-0.25, -0.2) is 9.98 Å². The summed E-state index contributed by atoms with van der Waals surface area (Å²) in [6.45, 7) is 18.5. The molecule has 2 rings (SSSR count). The van der Waals surface area contributed by atoms with Gasteiger partial charge in [0.05, 0.1) is 5.54 Å². The second-order valence-electron chi connectivity index (χ2n) is 8.71. The fourth-order valence-electron chi connectivity index (χ4n) is 2.79. The highest BCUT2D eigenvalue weighted by Gasteiger charge is 2.35. The molecule has 1 aliphatic heterocycles. The molecule has 1 N–H and O–H groups in total. The van der Waals surface area contributed by atoms with Gasteiger partial charge in [0.1, 0.15) is 18.1 Å². The molecule has 0 unspecified atom stereocenters. The zero-order valence-corrected chi connectivity index (χ0v) is 16.6. The Bertz CT molecular complexity index is 583. The average Bonchev–Trinajstić information content (AvgIpc) is 2.74. The minimum Gasteiger partial charge on any atom is -0.474 e. The van der Waals surface area contributed by atoms with E-state index >= 15 is 0 Å². The predicted molar refractivity (Wildman–Crippen MR) is 101 cm³/mol. The number of pyridine rings is 1. The Morgan fingerprint density at radius 3 is 2.17 bits per heavy atom. The van der Waals surface area contributed by atoms with Crippen molar-refractivity contribution in [2.45, 2.75) is 71.2 Å². The van der Waals surface area contributed by atoms with E-state index in [1.165, 1.54) is 0 Å². The molecule has 2 heterocycles. The van der Waals surface area contributed by atoms with Crippen molar-refractivity contribution in [3.05, 3.63) is 23.9 Å². The van der Waals surface area contributed by atoms with Gasteiger partial charge in [-0.1, -0.05) is 47.6 Å². The van der Waals surface area contributed by atoms with E-state index in [2.05, 4.69) is 65.5 Å². The number of nitrogens with one attached hydrogen (secondary N) is 1. The quantitative estimate of drug-likeness (QED) is 0.787. The van der Waals surface area contributed by atoms with Crippen LogP contribution in [0, 0.1) is 0 Å². The summed E-state index contributed by atoms with van der Waals surface area (Å²) in [5.41, 5.74) is 0.641. The van der Waals surface area contributed by atoms with E-state index in [1.807, 2.05) is 18.2 Å². The summed E-state index contributed by atoms with van der Waals surface area (Å²) in [6.07, 6.45) is 0. The third kappa shape index (κ3) is 4.67. The van der Waals surface area contributed by atoms with Gasteiger partial charge in [-0.15, -0.1) is 0 Å². The number of anilines is 1. The summed E-state index contributed by atoms with van der Waals surface area (Å²) in [7, 11) is -0.456. The Morgan fingerprint density at radius 2 is 1.70 bits per heavy atom. The molecule has 0 saturated heterocycles. The smallest absolute Gasteiger partial charge is 0.236 e. The topological polar surface area (TPSA) is 46.5 Å². The first-order valence-corrected chi connectivity index (χ1v) is 9.50. The van der Waals surface area contributed by atoms with Crippen molar-refractivity contribution in [3.63, 3.8) is 0 Å². The Labute approximate surface area is 142 Å². The standard InChI is InChI=1S/C18H30N3OP/c1-16(2,3)23(17(4,5)6)21-14-11-9-10-13(19-14)15-20-18(7,8)12-22-15/h9-11H,12H2,1-8H3,(H,19,21). The van der Waals surface area contributed by atoms with E-state index in [0.717, 1.165) is 11.5 Å². The number of rotatable bonds is 3. The molecule has 1 aromatic heterocycles. The van der Waals surface area contributed by atoms with Gasteiger partial charge in [0.2, 0.25) is 5.90 Å². The maximum Gasteiger partial charge on any atom is 0.236 e. The molecule has 0 fully saturated rings. The summed E-state index contributed by atoms with van der Waals surface area (Å²) in [4.78, 5) is 9.35. The number of aliphatic imine (C=N–C) groups is 1. The number of aromatic nitrogens is 1. The van der Waals surface area contributed by atoms with Crippen LogP contribution in [0.5, 0.6) is 0 Å². The maximum absolute atomic E-state index is 5.71. The Balaban J connectivity index is 2.27. The summed E-state index contributed by atoms with van der Waals surface area (Å²) in [5.74, 6) is 1.55. The van der Waals surface area contributed by atoms with Crippen LogP contribution in [0.1, 0.15) is 61.1 Å². The van der Waals surface area contributed by atoms with Crippen molar-refractivity contribution in [1.82, 2.24) is 4.98 Å². The van der Waals surface area contributed by atoms with E-state index in [4.69, 9.17) is 9.72 Å². The third-order valence-electron chi connectivity index (χ3n) is 3.50. The molecule has 128 valence electrons. The molecule has 23 heavy (non-hydrogen) atoms. The first kappa shape index (κ1) is 18.2. The van der Waals surface area contributed by atoms with Gasteiger partial charge >= 0.3 is 0 Å². The monoisotopic (exact) mass is 335 g/mol. The van der Waals surface area contributed by atoms with E-state index in [1.54, 1.807) is 0 Å². The summed E-state index contributed by atoms with van der Waals surface area (Å²) >= 11 is 0. The van der Waals surface area contributed by atoms with Crippen LogP contribution in [-0.4, -0.2) is 33.3 Å². The van der Waals surface area contributed by atoms with Gasteiger partial charge in [-0.3, -0.25) is 0 Å². The van der Waals surface area contributed by atoms with Crippen molar-refractivity contribution in [3.8, 4) is 0 Å². The number of nitrogens with zero attached hydrogens (tertiary/aromatic N) is 2.